The van der Waals surface area contributed by atoms with Crippen LogP contribution in [0, 0.1) is 0 Å². The predicted molar refractivity (Wildman–Crippen MR) is 40.8 cm³/mol. The Morgan fingerprint density at radius 3 is 2.73 bits per heavy atom. The fraction of sp³-hybridized carbons (Fsp3) is 0.857. The van der Waals surface area contributed by atoms with Crippen LogP contribution in [0.4, 0.5) is 0 Å². The van der Waals surface area contributed by atoms with E-state index in [2.05, 4.69) is 0 Å². The van der Waals surface area contributed by atoms with Gasteiger partial charge in [-0.05, 0) is 19.3 Å². The summed E-state index contributed by atoms with van der Waals surface area (Å²) in [4.78, 5) is 10.3. The summed E-state index contributed by atoms with van der Waals surface area (Å²) in [6.45, 7) is 0.0252. The maximum atomic E-state index is 10.3. The Balaban J connectivity index is 2.13. The zero-order valence-corrected chi connectivity index (χ0v) is 6.45. The Labute approximate surface area is 65.9 Å². The molecule has 0 aromatic rings. The molecule has 1 amide bonds. The summed E-state index contributed by atoms with van der Waals surface area (Å²) < 4.78 is 5.18. The van der Waals surface area contributed by atoms with Crippen molar-refractivity contribution >= 4 is 5.91 Å². The molecule has 64 valence electrons. The highest BCUT2D eigenvalue weighted by Gasteiger charge is 2.22. The average molecular weight is 158 g/mol. The second kappa shape index (κ2) is 3.69. The molecule has 1 rings (SSSR count). The fourth-order valence-electron chi connectivity index (χ4n) is 1.32. The molecule has 1 fully saturated rings. The number of ether oxygens (including phenoxy) is 1. The third-order valence-corrected chi connectivity index (χ3v) is 1.89. The van der Waals surface area contributed by atoms with E-state index >= 15 is 0 Å². The van der Waals surface area contributed by atoms with Crippen molar-refractivity contribution in [1.29, 1.82) is 0 Å². The number of rotatable bonds is 3. The second-order valence-electron chi connectivity index (χ2n) is 2.97. The highest BCUT2D eigenvalue weighted by Crippen LogP contribution is 2.19. The fourth-order valence-corrected chi connectivity index (χ4v) is 1.32. The van der Waals surface area contributed by atoms with E-state index in [4.69, 9.17) is 16.2 Å². The standard InChI is InChI=1S/C7H14N2O2/c8-5-1-2-6(3-5)11-4-7(9)10/h5-6H,1-4,8H2,(H2,9,10). The minimum absolute atomic E-state index is 0.0252. The Hall–Kier alpha value is -0.610. The van der Waals surface area contributed by atoms with E-state index in [0.29, 0.717) is 0 Å². The van der Waals surface area contributed by atoms with Gasteiger partial charge in [0.2, 0.25) is 5.91 Å². The van der Waals surface area contributed by atoms with E-state index in [1.807, 2.05) is 0 Å². The lowest BCUT2D eigenvalue weighted by Gasteiger charge is -2.08. The van der Waals surface area contributed by atoms with Crippen molar-refractivity contribution < 1.29 is 9.53 Å². The van der Waals surface area contributed by atoms with Crippen molar-refractivity contribution in [3.05, 3.63) is 0 Å². The maximum absolute atomic E-state index is 10.3. The SMILES string of the molecule is NC(=O)COC1CCC(N)C1. The molecule has 11 heavy (non-hydrogen) atoms. The van der Waals surface area contributed by atoms with Crippen LogP contribution < -0.4 is 11.5 Å². The van der Waals surface area contributed by atoms with E-state index in [-0.39, 0.29) is 18.8 Å². The van der Waals surface area contributed by atoms with Gasteiger partial charge < -0.3 is 16.2 Å². The molecule has 0 radical (unpaired) electrons. The molecule has 4 heteroatoms. The highest BCUT2D eigenvalue weighted by atomic mass is 16.5. The number of carbonyl (C=O) groups is 1. The number of hydrogen-bond acceptors (Lipinski definition) is 3. The van der Waals surface area contributed by atoms with Crippen LogP contribution in [0.15, 0.2) is 0 Å². The third-order valence-electron chi connectivity index (χ3n) is 1.89. The van der Waals surface area contributed by atoms with Gasteiger partial charge in [-0.25, -0.2) is 0 Å². The summed E-state index contributed by atoms with van der Waals surface area (Å²) in [7, 11) is 0. The summed E-state index contributed by atoms with van der Waals surface area (Å²) in [5.41, 5.74) is 10.5. The van der Waals surface area contributed by atoms with Crippen LogP contribution in [0.25, 0.3) is 0 Å². The van der Waals surface area contributed by atoms with E-state index < -0.39 is 5.91 Å². The van der Waals surface area contributed by atoms with Crippen LogP contribution in [-0.4, -0.2) is 24.7 Å². The molecule has 2 atom stereocenters. The van der Waals surface area contributed by atoms with Gasteiger partial charge in [0.1, 0.15) is 6.61 Å². The molecule has 1 aliphatic carbocycles. The molecule has 1 saturated carbocycles. The van der Waals surface area contributed by atoms with Gasteiger partial charge >= 0.3 is 0 Å². The lowest BCUT2D eigenvalue weighted by molar-refractivity contribution is -0.124. The van der Waals surface area contributed by atoms with Gasteiger partial charge in [-0.3, -0.25) is 4.79 Å². The summed E-state index contributed by atoms with van der Waals surface area (Å²) in [5, 5.41) is 0. The summed E-state index contributed by atoms with van der Waals surface area (Å²) in [6, 6.07) is 0.243. The summed E-state index contributed by atoms with van der Waals surface area (Å²) >= 11 is 0. The molecule has 0 saturated heterocycles. The molecule has 4 nitrogen and oxygen atoms in total. The predicted octanol–water partition coefficient (Wildman–Crippen LogP) is -0.632. The van der Waals surface area contributed by atoms with E-state index in [0.717, 1.165) is 19.3 Å². The third kappa shape index (κ3) is 2.86. The largest absolute Gasteiger partial charge is 0.368 e. The van der Waals surface area contributed by atoms with Crippen molar-refractivity contribution in [1.82, 2.24) is 0 Å². The topological polar surface area (TPSA) is 78.3 Å². The lowest BCUT2D eigenvalue weighted by atomic mass is 10.3. The summed E-state index contributed by atoms with van der Waals surface area (Å²) in [5.74, 6) is -0.412. The highest BCUT2D eigenvalue weighted by molar-refractivity contribution is 5.75. The van der Waals surface area contributed by atoms with Gasteiger partial charge in [-0.1, -0.05) is 0 Å². The van der Waals surface area contributed by atoms with Crippen LogP contribution in [0.2, 0.25) is 0 Å². The van der Waals surface area contributed by atoms with Gasteiger partial charge in [0.15, 0.2) is 0 Å². The molecule has 0 aromatic heterocycles. The van der Waals surface area contributed by atoms with Crippen molar-refractivity contribution in [2.24, 2.45) is 11.5 Å². The molecule has 0 spiro atoms. The first-order valence-corrected chi connectivity index (χ1v) is 3.84. The van der Waals surface area contributed by atoms with Gasteiger partial charge in [0.05, 0.1) is 6.10 Å². The Morgan fingerprint density at radius 1 is 1.55 bits per heavy atom. The van der Waals surface area contributed by atoms with Crippen LogP contribution in [-0.2, 0) is 9.53 Å². The molecule has 0 aliphatic heterocycles. The van der Waals surface area contributed by atoms with Crippen molar-refractivity contribution in [2.45, 2.75) is 31.4 Å². The van der Waals surface area contributed by atoms with E-state index in [1.54, 1.807) is 0 Å². The molecule has 1 aliphatic rings. The van der Waals surface area contributed by atoms with Crippen molar-refractivity contribution in [3.63, 3.8) is 0 Å². The normalized spacial score (nSPS) is 30.6. The van der Waals surface area contributed by atoms with Gasteiger partial charge in [-0.15, -0.1) is 0 Å². The first-order valence-electron chi connectivity index (χ1n) is 3.84. The molecular weight excluding hydrogens is 144 g/mol. The maximum Gasteiger partial charge on any atom is 0.243 e. The number of carbonyl (C=O) groups excluding carboxylic acids is 1. The Kier molecular flexibility index (Phi) is 2.84. The van der Waals surface area contributed by atoms with Crippen LogP contribution in [0.5, 0.6) is 0 Å². The monoisotopic (exact) mass is 158 g/mol. The van der Waals surface area contributed by atoms with Crippen LogP contribution in [0.3, 0.4) is 0 Å². The molecule has 0 bridgehead atoms. The summed E-state index contributed by atoms with van der Waals surface area (Å²) in [6.07, 6.45) is 2.95. The smallest absolute Gasteiger partial charge is 0.243 e. The molecule has 2 unspecified atom stereocenters. The van der Waals surface area contributed by atoms with Gasteiger partial charge in [0.25, 0.3) is 0 Å². The Bertz CT molecular complexity index is 149. The quantitative estimate of drug-likeness (QED) is 0.574. The average Bonchev–Trinajstić information content (AvgIpc) is 2.31. The molecule has 0 aromatic carbocycles. The first kappa shape index (κ1) is 8.49. The zero-order valence-electron chi connectivity index (χ0n) is 6.45. The number of amides is 1. The van der Waals surface area contributed by atoms with E-state index in [1.165, 1.54) is 0 Å². The molecular formula is C7H14N2O2. The Morgan fingerprint density at radius 2 is 2.27 bits per heavy atom. The first-order chi connectivity index (χ1) is 5.18. The van der Waals surface area contributed by atoms with Crippen molar-refractivity contribution in [3.8, 4) is 0 Å². The van der Waals surface area contributed by atoms with Crippen LogP contribution >= 0.6 is 0 Å². The number of hydrogen-bond donors (Lipinski definition) is 2. The second-order valence-corrected chi connectivity index (χ2v) is 2.97. The minimum Gasteiger partial charge on any atom is -0.368 e. The number of primary amides is 1. The molecule has 4 N–H and O–H groups in total. The zero-order chi connectivity index (χ0) is 8.27. The van der Waals surface area contributed by atoms with Gasteiger partial charge in [-0.2, -0.15) is 0 Å². The minimum atomic E-state index is -0.412. The van der Waals surface area contributed by atoms with Crippen LogP contribution in [0.1, 0.15) is 19.3 Å². The van der Waals surface area contributed by atoms with E-state index in [9.17, 15) is 4.79 Å². The van der Waals surface area contributed by atoms with Gasteiger partial charge in [0, 0.05) is 6.04 Å². The van der Waals surface area contributed by atoms with Crippen molar-refractivity contribution in [2.75, 3.05) is 6.61 Å². The lowest BCUT2D eigenvalue weighted by Crippen LogP contribution is -2.23. The number of nitrogens with two attached hydrogens (primary N) is 2. The molecule has 0 heterocycles.